The lowest BCUT2D eigenvalue weighted by Gasteiger charge is -1.88. The standard InChI is InChI=1S/C8H6N4O3S/c13-5(14)4-16-8-11-7(12-15-8)6-9-2-1-3-10-6/h1-3H,4H2,(H,13,14). The molecule has 0 unspecified atom stereocenters. The van der Waals surface area contributed by atoms with Gasteiger partial charge in [-0.2, -0.15) is 4.98 Å². The molecule has 1 N–H and O–H groups in total. The average Bonchev–Trinajstić information content (AvgIpc) is 2.76. The number of aromatic nitrogens is 4. The van der Waals surface area contributed by atoms with Crippen LogP contribution in [0.2, 0.25) is 0 Å². The fourth-order valence-corrected chi connectivity index (χ4v) is 1.39. The Morgan fingerprint density at radius 1 is 1.38 bits per heavy atom. The highest BCUT2D eigenvalue weighted by Crippen LogP contribution is 2.18. The summed E-state index contributed by atoms with van der Waals surface area (Å²) in [6, 6.07) is 1.67. The average molecular weight is 238 g/mol. The lowest BCUT2D eigenvalue weighted by Crippen LogP contribution is -1.97. The first kappa shape index (κ1) is 10.6. The van der Waals surface area contributed by atoms with Gasteiger partial charge in [0.25, 0.3) is 5.22 Å². The molecular weight excluding hydrogens is 232 g/mol. The first-order valence-corrected chi connectivity index (χ1v) is 5.20. The second-order valence-electron chi connectivity index (χ2n) is 2.64. The van der Waals surface area contributed by atoms with E-state index in [1.807, 2.05) is 0 Å². The van der Waals surface area contributed by atoms with E-state index in [4.69, 9.17) is 9.63 Å². The number of carbonyl (C=O) groups is 1. The van der Waals surface area contributed by atoms with E-state index in [-0.39, 0.29) is 16.8 Å². The lowest BCUT2D eigenvalue weighted by atomic mass is 10.5. The van der Waals surface area contributed by atoms with Crippen molar-refractivity contribution >= 4 is 17.7 Å². The Morgan fingerprint density at radius 2 is 2.12 bits per heavy atom. The maximum Gasteiger partial charge on any atom is 0.314 e. The highest BCUT2D eigenvalue weighted by Gasteiger charge is 2.11. The topological polar surface area (TPSA) is 102 Å². The molecule has 8 heteroatoms. The van der Waals surface area contributed by atoms with Crippen LogP contribution >= 0.6 is 11.8 Å². The minimum Gasteiger partial charge on any atom is -0.481 e. The molecule has 0 radical (unpaired) electrons. The molecule has 0 aromatic carbocycles. The SMILES string of the molecule is O=C(O)CSc1nc(-c2ncccn2)no1. The van der Waals surface area contributed by atoms with Gasteiger partial charge in [0.15, 0.2) is 0 Å². The number of carboxylic acids is 1. The molecule has 7 nitrogen and oxygen atoms in total. The van der Waals surface area contributed by atoms with Crippen molar-refractivity contribution < 1.29 is 14.4 Å². The van der Waals surface area contributed by atoms with E-state index in [1.54, 1.807) is 18.5 Å². The summed E-state index contributed by atoms with van der Waals surface area (Å²) in [7, 11) is 0. The predicted molar refractivity (Wildman–Crippen MR) is 53.7 cm³/mol. The number of nitrogens with zero attached hydrogens (tertiary/aromatic N) is 4. The summed E-state index contributed by atoms with van der Waals surface area (Å²) in [6.07, 6.45) is 3.12. The summed E-state index contributed by atoms with van der Waals surface area (Å²) in [4.78, 5) is 22.1. The fourth-order valence-electron chi connectivity index (χ4n) is 0.897. The van der Waals surface area contributed by atoms with Crippen molar-refractivity contribution in [2.24, 2.45) is 0 Å². The molecule has 0 amide bonds. The Hall–Kier alpha value is -1.96. The van der Waals surface area contributed by atoms with Crippen LogP contribution < -0.4 is 0 Å². The first-order valence-electron chi connectivity index (χ1n) is 4.21. The molecule has 0 aliphatic rings. The molecule has 0 atom stereocenters. The molecule has 2 aromatic heterocycles. The van der Waals surface area contributed by atoms with E-state index in [0.717, 1.165) is 11.8 Å². The Morgan fingerprint density at radius 3 is 2.81 bits per heavy atom. The van der Waals surface area contributed by atoms with Crippen LogP contribution in [-0.4, -0.2) is 36.9 Å². The maximum absolute atomic E-state index is 10.3. The number of hydrogen-bond donors (Lipinski definition) is 1. The molecule has 2 aromatic rings. The molecule has 0 bridgehead atoms. The van der Waals surface area contributed by atoms with Crippen molar-refractivity contribution in [3.63, 3.8) is 0 Å². The molecule has 0 fully saturated rings. The van der Waals surface area contributed by atoms with Crippen LogP contribution in [0.3, 0.4) is 0 Å². The number of aliphatic carboxylic acids is 1. The third-order valence-corrected chi connectivity index (χ3v) is 2.30. The third-order valence-electron chi connectivity index (χ3n) is 1.49. The zero-order valence-electron chi connectivity index (χ0n) is 7.90. The molecule has 0 aliphatic heterocycles. The minimum absolute atomic E-state index is 0.128. The van der Waals surface area contributed by atoms with E-state index >= 15 is 0 Å². The van der Waals surface area contributed by atoms with Gasteiger partial charge in [0.2, 0.25) is 11.6 Å². The summed E-state index contributed by atoms with van der Waals surface area (Å²) in [6.45, 7) is 0. The lowest BCUT2D eigenvalue weighted by molar-refractivity contribution is -0.133. The monoisotopic (exact) mass is 238 g/mol. The van der Waals surface area contributed by atoms with Gasteiger partial charge >= 0.3 is 5.97 Å². The molecule has 82 valence electrons. The molecule has 16 heavy (non-hydrogen) atoms. The number of thioether (sulfide) groups is 1. The van der Waals surface area contributed by atoms with E-state index in [1.165, 1.54) is 0 Å². The van der Waals surface area contributed by atoms with Gasteiger partial charge in [-0.05, 0) is 6.07 Å². The maximum atomic E-state index is 10.3. The largest absolute Gasteiger partial charge is 0.481 e. The van der Waals surface area contributed by atoms with Crippen LogP contribution in [0.15, 0.2) is 28.2 Å². The first-order chi connectivity index (χ1) is 7.75. The van der Waals surface area contributed by atoms with Crippen LogP contribution in [0.4, 0.5) is 0 Å². The van der Waals surface area contributed by atoms with Crippen molar-refractivity contribution in [2.45, 2.75) is 5.22 Å². The summed E-state index contributed by atoms with van der Waals surface area (Å²) in [5, 5.41) is 12.3. The van der Waals surface area contributed by atoms with Crippen LogP contribution in [0.1, 0.15) is 0 Å². The summed E-state index contributed by atoms with van der Waals surface area (Å²) in [5.41, 5.74) is 0. The molecular formula is C8H6N4O3S. The van der Waals surface area contributed by atoms with Gasteiger partial charge in [-0.3, -0.25) is 4.79 Å². The Bertz CT molecular complexity index is 487. The summed E-state index contributed by atoms with van der Waals surface area (Å²) >= 11 is 0.949. The van der Waals surface area contributed by atoms with Gasteiger partial charge in [0.1, 0.15) is 5.75 Å². The predicted octanol–water partition coefficient (Wildman–Crippen LogP) is 0.703. The highest BCUT2D eigenvalue weighted by molar-refractivity contribution is 7.99. The van der Waals surface area contributed by atoms with E-state index < -0.39 is 5.97 Å². The molecule has 0 saturated carbocycles. The normalized spacial score (nSPS) is 10.2. The van der Waals surface area contributed by atoms with E-state index in [9.17, 15) is 4.79 Å². The quantitative estimate of drug-likeness (QED) is 0.776. The van der Waals surface area contributed by atoms with Gasteiger partial charge in [0.05, 0.1) is 0 Å². The summed E-state index contributed by atoms with van der Waals surface area (Å²) in [5.74, 6) is -0.486. The van der Waals surface area contributed by atoms with Crippen LogP contribution in [0, 0.1) is 0 Å². The van der Waals surface area contributed by atoms with Gasteiger partial charge in [-0.25, -0.2) is 9.97 Å². The van der Waals surface area contributed by atoms with E-state index in [0.29, 0.717) is 5.82 Å². The second kappa shape index (κ2) is 4.71. The fraction of sp³-hybridized carbons (Fsp3) is 0.125. The Labute approximate surface area is 93.9 Å². The zero-order chi connectivity index (χ0) is 11.4. The van der Waals surface area contributed by atoms with Crippen LogP contribution in [-0.2, 0) is 4.79 Å². The number of rotatable bonds is 4. The van der Waals surface area contributed by atoms with Crippen molar-refractivity contribution in [3.8, 4) is 11.6 Å². The van der Waals surface area contributed by atoms with Gasteiger partial charge < -0.3 is 9.63 Å². The molecule has 2 rings (SSSR count). The van der Waals surface area contributed by atoms with Gasteiger partial charge in [-0.1, -0.05) is 16.9 Å². The zero-order valence-corrected chi connectivity index (χ0v) is 8.72. The van der Waals surface area contributed by atoms with Crippen molar-refractivity contribution in [2.75, 3.05) is 5.75 Å². The number of hydrogen-bond acceptors (Lipinski definition) is 7. The minimum atomic E-state index is -0.944. The smallest absolute Gasteiger partial charge is 0.314 e. The molecule has 0 aliphatic carbocycles. The number of carboxylic acid groups (broad SMARTS) is 1. The van der Waals surface area contributed by atoms with Crippen LogP contribution in [0.5, 0.6) is 0 Å². The summed E-state index contributed by atoms with van der Waals surface area (Å²) < 4.78 is 4.83. The van der Waals surface area contributed by atoms with E-state index in [2.05, 4.69) is 20.1 Å². The molecule has 0 spiro atoms. The van der Waals surface area contributed by atoms with Crippen LogP contribution in [0.25, 0.3) is 11.6 Å². The third kappa shape index (κ3) is 2.54. The van der Waals surface area contributed by atoms with Crippen molar-refractivity contribution in [1.82, 2.24) is 20.1 Å². The molecule has 2 heterocycles. The Balaban J connectivity index is 2.11. The van der Waals surface area contributed by atoms with Crippen molar-refractivity contribution in [3.05, 3.63) is 18.5 Å². The molecule has 0 saturated heterocycles. The second-order valence-corrected chi connectivity index (χ2v) is 3.57. The highest BCUT2D eigenvalue weighted by atomic mass is 32.2. The Kier molecular flexibility index (Phi) is 3.10. The van der Waals surface area contributed by atoms with Crippen molar-refractivity contribution in [1.29, 1.82) is 0 Å². The van der Waals surface area contributed by atoms with Gasteiger partial charge in [0, 0.05) is 12.4 Å². The van der Waals surface area contributed by atoms with Gasteiger partial charge in [-0.15, -0.1) is 0 Å².